The second-order valence-electron chi connectivity index (χ2n) is 4.53. The predicted octanol–water partition coefficient (Wildman–Crippen LogP) is -1.07. The van der Waals surface area contributed by atoms with Crippen molar-refractivity contribution in [1.29, 1.82) is 0 Å². The molecule has 0 atom stereocenters. The Morgan fingerprint density at radius 3 is 2.00 bits per heavy atom. The number of aliphatic carboxylic acids is 1. The van der Waals surface area contributed by atoms with Gasteiger partial charge >= 0.3 is 5.97 Å². The number of esters is 1. The Labute approximate surface area is 100 Å². The zero-order valence-electron chi connectivity index (χ0n) is 10.8. The van der Waals surface area contributed by atoms with Crippen LogP contribution in [0.1, 0.15) is 20.8 Å². The number of imidazole rings is 1. The number of hydrogen-bond acceptors (Lipinski definition) is 4. The van der Waals surface area contributed by atoms with E-state index in [2.05, 4.69) is 4.74 Å². The first kappa shape index (κ1) is 15.2. The van der Waals surface area contributed by atoms with Gasteiger partial charge in [-0.3, -0.25) is 0 Å². The number of ether oxygens (including phenoxy) is 1. The van der Waals surface area contributed by atoms with E-state index < -0.39 is 17.5 Å². The predicted molar refractivity (Wildman–Crippen MR) is 57.4 cm³/mol. The molecular formula is C11H18N2O4. The number of nitrogens with zero attached hydrogens (tertiary/aromatic N) is 2. The lowest BCUT2D eigenvalue weighted by molar-refractivity contribution is -0.670. The Morgan fingerprint density at radius 2 is 1.88 bits per heavy atom. The van der Waals surface area contributed by atoms with Crippen LogP contribution in [0.2, 0.25) is 0 Å². The number of rotatable bonds is 0. The highest BCUT2D eigenvalue weighted by atomic mass is 16.6. The minimum absolute atomic E-state index is 0.767. The smallest absolute Gasteiger partial charge is 0.354 e. The summed E-state index contributed by atoms with van der Waals surface area (Å²) in [6, 6.07) is 0. The van der Waals surface area contributed by atoms with Crippen LogP contribution in [0, 0.1) is 0 Å². The van der Waals surface area contributed by atoms with Crippen molar-refractivity contribution in [3.63, 3.8) is 0 Å². The number of hydrogen-bond donors (Lipinski definition) is 0. The summed E-state index contributed by atoms with van der Waals surface area (Å²) < 4.78 is 8.40. The molecule has 0 aliphatic carbocycles. The zero-order valence-corrected chi connectivity index (χ0v) is 10.8. The van der Waals surface area contributed by atoms with E-state index in [1.54, 1.807) is 20.8 Å². The van der Waals surface area contributed by atoms with Crippen molar-refractivity contribution >= 4 is 11.9 Å². The number of carboxylic acids is 1. The molecule has 6 heteroatoms. The molecule has 0 aliphatic heterocycles. The van der Waals surface area contributed by atoms with Gasteiger partial charge in [0.1, 0.15) is 18.0 Å². The van der Waals surface area contributed by atoms with Gasteiger partial charge in [-0.2, -0.15) is 0 Å². The lowest BCUT2D eigenvalue weighted by Crippen LogP contribution is -2.37. The molecule has 1 aromatic rings. The average molecular weight is 242 g/mol. The molecule has 0 N–H and O–H groups in total. The summed E-state index contributed by atoms with van der Waals surface area (Å²) >= 11 is 0. The van der Waals surface area contributed by atoms with Gasteiger partial charge in [0, 0.05) is 0 Å². The largest absolute Gasteiger partial charge is 0.539 e. The molecule has 17 heavy (non-hydrogen) atoms. The maximum absolute atomic E-state index is 10.3. The molecule has 0 spiro atoms. The molecule has 1 heterocycles. The lowest BCUT2D eigenvalue weighted by Gasteiger charge is -2.19. The molecule has 96 valence electrons. The fourth-order valence-corrected chi connectivity index (χ4v) is 0.894. The molecule has 0 unspecified atom stereocenters. The Morgan fingerprint density at radius 1 is 1.35 bits per heavy atom. The molecule has 0 fully saturated rings. The van der Waals surface area contributed by atoms with Crippen LogP contribution in [0.3, 0.4) is 0 Å². The van der Waals surface area contributed by atoms with E-state index in [0.717, 1.165) is 0 Å². The van der Waals surface area contributed by atoms with Crippen LogP contribution in [0.4, 0.5) is 0 Å². The SMILES string of the molecule is CC(C)(C)OC(=O)C(=O)[O-].Cn1cc[n+](C)c1. The minimum Gasteiger partial charge on any atom is -0.539 e. The van der Waals surface area contributed by atoms with Gasteiger partial charge in [0.2, 0.25) is 6.33 Å². The number of carbonyl (C=O) groups excluding carboxylic acids is 2. The first-order valence-corrected chi connectivity index (χ1v) is 5.03. The van der Waals surface area contributed by atoms with Gasteiger partial charge in [-0.15, -0.1) is 0 Å². The van der Waals surface area contributed by atoms with Crippen molar-refractivity contribution in [3.05, 3.63) is 18.7 Å². The fraction of sp³-hybridized carbons (Fsp3) is 0.545. The maximum atomic E-state index is 10.3. The topological polar surface area (TPSA) is 75.2 Å². The van der Waals surface area contributed by atoms with Gasteiger partial charge in [0.05, 0.1) is 14.1 Å². The summed E-state index contributed by atoms with van der Waals surface area (Å²) in [7, 11) is 4.00. The van der Waals surface area contributed by atoms with Gasteiger partial charge in [-0.25, -0.2) is 13.9 Å². The summed E-state index contributed by atoms with van der Waals surface area (Å²) in [6.45, 7) is 4.73. The van der Waals surface area contributed by atoms with Gasteiger partial charge < -0.3 is 14.6 Å². The number of aryl methyl sites for hydroxylation is 2. The zero-order chi connectivity index (χ0) is 13.6. The maximum Gasteiger partial charge on any atom is 0.354 e. The summed E-state index contributed by atoms with van der Waals surface area (Å²) in [4.78, 5) is 20.1. The monoisotopic (exact) mass is 242 g/mol. The van der Waals surface area contributed by atoms with Crippen LogP contribution in [0.5, 0.6) is 0 Å². The van der Waals surface area contributed by atoms with Crippen molar-refractivity contribution in [2.45, 2.75) is 26.4 Å². The van der Waals surface area contributed by atoms with Crippen LogP contribution >= 0.6 is 0 Å². The normalized spacial score (nSPS) is 10.2. The molecule has 0 radical (unpaired) electrons. The molecule has 1 rings (SSSR count). The highest BCUT2D eigenvalue weighted by molar-refractivity contribution is 6.27. The van der Waals surface area contributed by atoms with E-state index in [9.17, 15) is 14.7 Å². The van der Waals surface area contributed by atoms with Crippen LogP contribution in [-0.2, 0) is 28.4 Å². The Bertz CT molecular complexity index is 374. The van der Waals surface area contributed by atoms with Crippen LogP contribution in [0.25, 0.3) is 0 Å². The van der Waals surface area contributed by atoms with Gasteiger partial charge in [-0.05, 0) is 20.8 Å². The van der Waals surface area contributed by atoms with E-state index >= 15 is 0 Å². The number of carboxylic acid groups (broad SMARTS) is 1. The Hall–Kier alpha value is -1.85. The van der Waals surface area contributed by atoms with Gasteiger partial charge in [-0.1, -0.05) is 0 Å². The van der Waals surface area contributed by atoms with Gasteiger partial charge in [0.15, 0.2) is 5.97 Å². The molecule has 0 aliphatic rings. The third-order valence-electron chi connectivity index (χ3n) is 1.47. The van der Waals surface area contributed by atoms with E-state index in [-0.39, 0.29) is 0 Å². The highest BCUT2D eigenvalue weighted by Gasteiger charge is 2.16. The second-order valence-corrected chi connectivity index (χ2v) is 4.53. The fourth-order valence-electron chi connectivity index (χ4n) is 0.894. The summed E-state index contributed by atoms with van der Waals surface area (Å²) in [5.74, 6) is -3.14. The van der Waals surface area contributed by atoms with Crippen LogP contribution in [0.15, 0.2) is 18.7 Å². The second kappa shape index (κ2) is 6.03. The van der Waals surface area contributed by atoms with Crippen LogP contribution in [-0.4, -0.2) is 22.1 Å². The van der Waals surface area contributed by atoms with Gasteiger partial charge in [0.25, 0.3) is 0 Å². The Balaban J connectivity index is 0.000000318. The minimum atomic E-state index is -1.81. The molecule has 0 saturated heterocycles. The molecule has 1 aromatic heterocycles. The molecule has 0 saturated carbocycles. The average Bonchev–Trinajstić information content (AvgIpc) is 2.47. The van der Waals surface area contributed by atoms with Crippen LogP contribution < -0.4 is 9.67 Å². The summed E-state index contributed by atoms with van der Waals surface area (Å²) in [5, 5.41) is 9.79. The van der Waals surface area contributed by atoms with E-state index in [0.29, 0.717) is 0 Å². The summed E-state index contributed by atoms with van der Waals surface area (Å²) in [5.41, 5.74) is -0.767. The van der Waals surface area contributed by atoms with Crippen molar-refractivity contribution in [2.24, 2.45) is 14.1 Å². The quantitative estimate of drug-likeness (QED) is 0.330. The number of aromatic nitrogens is 2. The van der Waals surface area contributed by atoms with E-state index in [1.807, 2.05) is 42.0 Å². The van der Waals surface area contributed by atoms with Crippen molar-refractivity contribution in [3.8, 4) is 0 Å². The highest BCUT2D eigenvalue weighted by Crippen LogP contribution is 2.05. The van der Waals surface area contributed by atoms with E-state index in [4.69, 9.17) is 0 Å². The molecule has 0 bridgehead atoms. The molecule has 0 amide bonds. The van der Waals surface area contributed by atoms with E-state index in [1.165, 1.54) is 0 Å². The molecule has 6 nitrogen and oxygen atoms in total. The number of carbonyl (C=O) groups is 2. The van der Waals surface area contributed by atoms with Crippen molar-refractivity contribution in [1.82, 2.24) is 4.57 Å². The third-order valence-corrected chi connectivity index (χ3v) is 1.47. The summed E-state index contributed by atoms with van der Waals surface area (Å²) in [6.07, 6.45) is 6.00. The lowest BCUT2D eigenvalue weighted by atomic mass is 10.2. The first-order chi connectivity index (χ1) is 7.61. The Kier molecular flexibility index (Phi) is 5.37. The first-order valence-electron chi connectivity index (χ1n) is 5.03. The van der Waals surface area contributed by atoms with Crippen molar-refractivity contribution in [2.75, 3.05) is 0 Å². The molecular weight excluding hydrogens is 224 g/mol. The third kappa shape index (κ3) is 8.01. The molecule has 0 aromatic carbocycles. The van der Waals surface area contributed by atoms with Crippen molar-refractivity contribution < 1.29 is 24.0 Å². The standard InChI is InChI=1S/C6H10O4.C5H9N2/c1-6(2,3)10-5(9)4(7)8;1-6-3-4-7(2)5-6/h1-3H3,(H,7,8);3-5H,1-2H3/q;+1/p-1.